The number of carbonyl (C=O) groups is 1. The Bertz CT molecular complexity index is 963. The molecular formula is C19H18N2O3. The summed E-state index contributed by atoms with van der Waals surface area (Å²) < 4.78 is 1.79. The lowest BCUT2D eigenvalue weighted by Gasteiger charge is -2.15. The highest BCUT2D eigenvalue weighted by atomic mass is 16.3. The Kier molecular flexibility index (Phi) is 4.08. The first-order chi connectivity index (χ1) is 11.5. The molecule has 5 heteroatoms. The zero-order chi connectivity index (χ0) is 17.3. The number of hydrogen-bond acceptors (Lipinski definition) is 3. The number of phenols is 1. The van der Waals surface area contributed by atoms with Gasteiger partial charge in [0.05, 0.1) is 0 Å². The van der Waals surface area contributed by atoms with E-state index in [1.54, 1.807) is 48.7 Å². The summed E-state index contributed by atoms with van der Waals surface area (Å²) in [5.41, 5.74) is 2.06. The highest BCUT2D eigenvalue weighted by Gasteiger charge is 2.10. The summed E-state index contributed by atoms with van der Waals surface area (Å²) in [7, 11) is 0. The molecular weight excluding hydrogens is 304 g/mol. The third-order valence-electron chi connectivity index (χ3n) is 4.03. The van der Waals surface area contributed by atoms with Gasteiger partial charge in [0, 0.05) is 40.0 Å². The fourth-order valence-corrected chi connectivity index (χ4v) is 2.87. The highest BCUT2D eigenvalue weighted by Crippen LogP contribution is 2.29. The van der Waals surface area contributed by atoms with Gasteiger partial charge in [0.15, 0.2) is 5.43 Å². The molecule has 0 bridgehead atoms. The molecule has 24 heavy (non-hydrogen) atoms. The lowest BCUT2D eigenvalue weighted by atomic mass is 10.1. The molecule has 0 aliphatic heterocycles. The molecule has 3 rings (SSSR count). The number of amides is 1. The van der Waals surface area contributed by atoms with E-state index in [4.69, 9.17) is 0 Å². The van der Waals surface area contributed by atoms with E-state index >= 15 is 0 Å². The summed E-state index contributed by atoms with van der Waals surface area (Å²) >= 11 is 0. The van der Waals surface area contributed by atoms with Gasteiger partial charge in [-0.15, -0.1) is 0 Å². The van der Waals surface area contributed by atoms with E-state index in [-0.39, 0.29) is 23.6 Å². The van der Waals surface area contributed by atoms with E-state index in [1.165, 1.54) is 12.1 Å². The van der Waals surface area contributed by atoms with Crippen LogP contribution in [-0.2, 0) is 11.3 Å². The van der Waals surface area contributed by atoms with Crippen LogP contribution in [0.1, 0.15) is 11.4 Å². The molecule has 0 fully saturated rings. The second kappa shape index (κ2) is 6.20. The summed E-state index contributed by atoms with van der Waals surface area (Å²) in [6.45, 7) is 3.72. The van der Waals surface area contributed by atoms with E-state index in [0.29, 0.717) is 11.1 Å². The van der Waals surface area contributed by atoms with Crippen LogP contribution in [0.2, 0.25) is 0 Å². The topological polar surface area (TPSA) is 71.3 Å². The fourth-order valence-electron chi connectivity index (χ4n) is 2.87. The van der Waals surface area contributed by atoms with Gasteiger partial charge in [0.1, 0.15) is 12.3 Å². The summed E-state index contributed by atoms with van der Waals surface area (Å²) in [5, 5.41) is 14.3. The molecule has 0 unspecified atom stereocenters. The van der Waals surface area contributed by atoms with Gasteiger partial charge in [-0.3, -0.25) is 9.59 Å². The summed E-state index contributed by atoms with van der Waals surface area (Å²) in [6.07, 6.45) is 0. The number of anilines is 1. The minimum atomic E-state index is -0.194. The van der Waals surface area contributed by atoms with Gasteiger partial charge in [-0.25, -0.2) is 0 Å². The van der Waals surface area contributed by atoms with Crippen LogP contribution in [0, 0.1) is 13.8 Å². The van der Waals surface area contributed by atoms with E-state index in [1.807, 2.05) is 6.07 Å². The van der Waals surface area contributed by atoms with Crippen LogP contribution in [0.5, 0.6) is 5.75 Å². The third kappa shape index (κ3) is 3.01. The zero-order valence-corrected chi connectivity index (χ0v) is 13.5. The number of aromatic nitrogens is 1. The van der Waals surface area contributed by atoms with Crippen molar-refractivity contribution in [3.05, 3.63) is 70.1 Å². The van der Waals surface area contributed by atoms with E-state index in [9.17, 15) is 14.7 Å². The minimum absolute atomic E-state index is 0.0637. The van der Waals surface area contributed by atoms with Gasteiger partial charge < -0.3 is 15.0 Å². The lowest BCUT2D eigenvalue weighted by molar-refractivity contribution is -0.116. The number of phenolic OH excluding ortho intramolecular Hbond substituents is 1. The standard InChI is InChI=1S/C19H18N2O3/c1-12-9-14(22)10-13(2)21(12)11-19(24)20-17-7-3-6-16-15(17)5-4-8-18(16)23/h3-10,23H,11H2,1-2H3,(H,20,24). The van der Waals surface area contributed by atoms with Gasteiger partial charge in [-0.1, -0.05) is 24.3 Å². The van der Waals surface area contributed by atoms with Crippen LogP contribution in [0.3, 0.4) is 0 Å². The number of aromatic hydroxyl groups is 1. The number of pyridine rings is 1. The van der Waals surface area contributed by atoms with Crippen molar-refractivity contribution in [2.45, 2.75) is 20.4 Å². The molecule has 1 amide bonds. The molecule has 122 valence electrons. The van der Waals surface area contributed by atoms with Gasteiger partial charge in [0.25, 0.3) is 0 Å². The maximum absolute atomic E-state index is 12.4. The van der Waals surface area contributed by atoms with Crippen LogP contribution in [-0.4, -0.2) is 15.6 Å². The number of rotatable bonds is 3. The fraction of sp³-hybridized carbons (Fsp3) is 0.158. The van der Waals surface area contributed by atoms with Crippen molar-refractivity contribution in [3.8, 4) is 5.75 Å². The first kappa shape index (κ1) is 15.8. The Morgan fingerprint density at radius 3 is 2.38 bits per heavy atom. The Morgan fingerprint density at radius 2 is 1.67 bits per heavy atom. The minimum Gasteiger partial charge on any atom is -0.507 e. The van der Waals surface area contributed by atoms with Crippen molar-refractivity contribution in [3.63, 3.8) is 0 Å². The van der Waals surface area contributed by atoms with Crippen LogP contribution < -0.4 is 10.7 Å². The van der Waals surface area contributed by atoms with E-state index in [0.717, 1.165) is 16.8 Å². The number of carbonyl (C=O) groups excluding carboxylic acids is 1. The maximum atomic E-state index is 12.4. The van der Waals surface area contributed by atoms with Crippen LogP contribution in [0.15, 0.2) is 53.3 Å². The second-order valence-corrected chi connectivity index (χ2v) is 5.79. The normalized spacial score (nSPS) is 10.8. The third-order valence-corrected chi connectivity index (χ3v) is 4.03. The summed E-state index contributed by atoms with van der Waals surface area (Å²) in [6, 6.07) is 13.6. The largest absolute Gasteiger partial charge is 0.507 e. The van der Waals surface area contributed by atoms with Crippen LogP contribution >= 0.6 is 0 Å². The number of benzene rings is 2. The second-order valence-electron chi connectivity index (χ2n) is 5.79. The summed E-state index contributed by atoms with van der Waals surface area (Å²) in [5.74, 6) is -0.0172. The molecule has 1 heterocycles. The molecule has 0 aliphatic rings. The Labute approximate surface area is 139 Å². The first-order valence-corrected chi connectivity index (χ1v) is 7.64. The quantitative estimate of drug-likeness (QED) is 0.779. The average molecular weight is 322 g/mol. The van der Waals surface area contributed by atoms with Gasteiger partial charge >= 0.3 is 0 Å². The number of nitrogens with zero attached hydrogens (tertiary/aromatic N) is 1. The van der Waals surface area contributed by atoms with Crippen molar-refractivity contribution >= 4 is 22.4 Å². The monoisotopic (exact) mass is 322 g/mol. The molecule has 1 aromatic heterocycles. The molecule has 5 nitrogen and oxygen atoms in total. The number of aryl methyl sites for hydroxylation is 2. The summed E-state index contributed by atoms with van der Waals surface area (Å²) in [4.78, 5) is 23.9. The molecule has 2 aromatic carbocycles. The smallest absolute Gasteiger partial charge is 0.244 e. The molecule has 0 aliphatic carbocycles. The van der Waals surface area contributed by atoms with Crippen molar-refractivity contribution in [1.29, 1.82) is 0 Å². The molecule has 0 spiro atoms. The molecule has 3 aromatic rings. The molecule has 2 N–H and O–H groups in total. The highest BCUT2D eigenvalue weighted by molar-refractivity contribution is 6.03. The van der Waals surface area contributed by atoms with Gasteiger partial charge in [-0.2, -0.15) is 0 Å². The van der Waals surface area contributed by atoms with Crippen molar-refractivity contribution in [1.82, 2.24) is 4.57 Å². The Balaban J connectivity index is 1.89. The van der Waals surface area contributed by atoms with Crippen molar-refractivity contribution < 1.29 is 9.90 Å². The molecule has 0 saturated heterocycles. The van der Waals surface area contributed by atoms with Crippen molar-refractivity contribution in [2.75, 3.05) is 5.32 Å². The van der Waals surface area contributed by atoms with E-state index in [2.05, 4.69) is 5.32 Å². The van der Waals surface area contributed by atoms with E-state index < -0.39 is 0 Å². The number of fused-ring (bicyclic) bond motifs is 1. The zero-order valence-electron chi connectivity index (χ0n) is 13.5. The predicted octanol–water partition coefficient (Wildman–Crippen LogP) is 2.96. The Morgan fingerprint density at radius 1 is 1.04 bits per heavy atom. The average Bonchev–Trinajstić information content (AvgIpc) is 2.52. The lowest BCUT2D eigenvalue weighted by Crippen LogP contribution is -2.23. The predicted molar refractivity (Wildman–Crippen MR) is 94.4 cm³/mol. The number of hydrogen-bond donors (Lipinski definition) is 2. The van der Waals surface area contributed by atoms with Crippen LogP contribution in [0.4, 0.5) is 5.69 Å². The van der Waals surface area contributed by atoms with Gasteiger partial charge in [0.2, 0.25) is 5.91 Å². The van der Waals surface area contributed by atoms with Crippen LogP contribution in [0.25, 0.3) is 10.8 Å². The number of nitrogens with one attached hydrogen (secondary N) is 1. The SMILES string of the molecule is Cc1cc(=O)cc(C)n1CC(=O)Nc1cccc2c(O)cccc12. The molecule has 0 atom stereocenters. The Hall–Kier alpha value is -3.08. The van der Waals surface area contributed by atoms with Crippen molar-refractivity contribution in [2.24, 2.45) is 0 Å². The first-order valence-electron chi connectivity index (χ1n) is 7.64. The maximum Gasteiger partial charge on any atom is 0.244 e. The van der Waals surface area contributed by atoms with Gasteiger partial charge in [-0.05, 0) is 26.0 Å². The molecule has 0 saturated carbocycles. The molecule has 0 radical (unpaired) electrons.